The Morgan fingerprint density at radius 1 is 1.25 bits per heavy atom. The molecule has 0 N–H and O–H groups in total. The van der Waals surface area contributed by atoms with Crippen LogP contribution in [0.25, 0.3) is 0 Å². The number of aromatic nitrogens is 1. The SMILES string of the molecule is Cc1cccc(O[C@@H]2CCN(C(=O)CSCc3ccccc3)C2)n1. The maximum atomic E-state index is 12.3. The lowest BCUT2D eigenvalue weighted by Crippen LogP contribution is -2.32. The van der Waals surface area contributed by atoms with Crippen LogP contribution in [0.4, 0.5) is 0 Å². The van der Waals surface area contributed by atoms with E-state index in [1.165, 1.54) is 5.56 Å². The van der Waals surface area contributed by atoms with Gasteiger partial charge in [-0.05, 0) is 18.6 Å². The summed E-state index contributed by atoms with van der Waals surface area (Å²) in [6.45, 7) is 3.36. The van der Waals surface area contributed by atoms with E-state index in [0.29, 0.717) is 18.2 Å². The van der Waals surface area contributed by atoms with Gasteiger partial charge in [-0.2, -0.15) is 0 Å². The minimum atomic E-state index is 0.0439. The Morgan fingerprint density at radius 3 is 2.88 bits per heavy atom. The lowest BCUT2D eigenvalue weighted by Gasteiger charge is -2.17. The number of pyridine rings is 1. The van der Waals surface area contributed by atoms with Crippen LogP contribution in [0.3, 0.4) is 0 Å². The molecule has 1 fully saturated rings. The third-order valence-electron chi connectivity index (χ3n) is 3.98. The molecule has 2 aromatic rings. The summed E-state index contributed by atoms with van der Waals surface area (Å²) in [5.41, 5.74) is 2.19. The summed E-state index contributed by atoms with van der Waals surface area (Å²) in [6, 6.07) is 16.0. The van der Waals surface area contributed by atoms with Crippen LogP contribution in [0.5, 0.6) is 5.88 Å². The zero-order chi connectivity index (χ0) is 16.8. The number of hydrogen-bond donors (Lipinski definition) is 0. The molecule has 1 amide bonds. The fourth-order valence-corrected chi connectivity index (χ4v) is 3.61. The number of nitrogens with zero attached hydrogens (tertiary/aromatic N) is 2. The standard InChI is InChI=1S/C19H22N2O2S/c1-15-6-5-9-18(20-15)23-17-10-11-21(12-17)19(22)14-24-13-16-7-3-2-4-8-16/h2-9,17H,10-14H2,1H3/t17-/m1/s1. The van der Waals surface area contributed by atoms with Crippen molar-refractivity contribution < 1.29 is 9.53 Å². The molecule has 0 spiro atoms. The Bertz CT molecular complexity index is 678. The maximum absolute atomic E-state index is 12.3. The second-order valence-corrected chi connectivity index (χ2v) is 6.95. The van der Waals surface area contributed by atoms with E-state index < -0.39 is 0 Å². The molecule has 24 heavy (non-hydrogen) atoms. The van der Waals surface area contributed by atoms with Gasteiger partial charge in [-0.15, -0.1) is 11.8 Å². The smallest absolute Gasteiger partial charge is 0.232 e. The van der Waals surface area contributed by atoms with Gasteiger partial charge in [0.15, 0.2) is 0 Å². The van der Waals surface area contributed by atoms with E-state index >= 15 is 0 Å². The van der Waals surface area contributed by atoms with Crippen LogP contribution in [-0.2, 0) is 10.5 Å². The van der Waals surface area contributed by atoms with Gasteiger partial charge in [-0.3, -0.25) is 4.79 Å². The van der Waals surface area contributed by atoms with Crippen molar-refractivity contribution in [1.82, 2.24) is 9.88 Å². The summed E-state index contributed by atoms with van der Waals surface area (Å²) in [7, 11) is 0. The van der Waals surface area contributed by atoms with E-state index in [1.807, 2.05) is 48.2 Å². The summed E-state index contributed by atoms with van der Waals surface area (Å²) < 4.78 is 5.90. The molecule has 0 saturated carbocycles. The molecular formula is C19H22N2O2S. The number of amides is 1. The van der Waals surface area contributed by atoms with Gasteiger partial charge in [0.2, 0.25) is 11.8 Å². The van der Waals surface area contributed by atoms with Crippen LogP contribution in [-0.4, -0.2) is 40.7 Å². The predicted molar refractivity (Wildman–Crippen MR) is 97.2 cm³/mol. The van der Waals surface area contributed by atoms with Crippen molar-refractivity contribution in [2.45, 2.75) is 25.2 Å². The highest BCUT2D eigenvalue weighted by molar-refractivity contribution is 7.99. The van der Waals surface area contributed by atoms with Gasteiger partial charge in [-0.25, -0.2) is 4.98 Å². The lowest BCUT2D eigenvalue weighted by atomic mass is 10.2. The maximum Gasteiger partial charge on any atom is 0.232 e. The van der Waals surface area contributed by atoms with E-state index in [2.05, 4.69) is 17.1 Å². The predicted octanol–water partition coefficient (Wildman–Crippen LogP) is 3.30. The fourth-order valence-electron chi connectivity index (χ4n) is 2.73. The molecule has 1 aromatic heterocycles. The Labute approximate surface area is 147 Å². The van der Waals surface area contributed by atoms with Crippen molar-refractivity contribution in [3.8, 4) is 5.88 Å². The molecule has 3 rings (SSSR count). The van der Waals surface area contributed by atoms with Crippen molar-refractivity contribution in [1.29, 1.82) is 0 Å². The summed E-state index contributed by atoms with van der Waals surface area (Å²) in [5.74, 6) is 2.23. The van der Waals surface area contributed by atoms with Gasteiger partial charge in [0, 0.05) is 30.5 Å². The average molecular weight is 342 g/mol. The van der Waals surface area contributed by atoms with Crippen LogP contribution in [0.15, 0.2) is 48.5 Å². The Hall–Kier alpha value is -2.01. The normalized spacial score (nSPS) is 17.0. The average Bonchev–Trinajstić information content (AvgIpc) is 3.04. The van der Waals surface area contributed by atoms with Gasteiger partial charge in [-0.1, -0.05) is 36.4 Å². The van der Waals surface area contributed by atoms with Gasteiger partial charge in [0.1, 0.15) is 6.10 Å². The largest absolute Gasteiger partial charge is 0.472 e. The zero-order valence-corrected chi connectivity index (χ0v) is 14.7. The molecule has 126 valence electrons. The van der Waals surface area contributed by atoms with Gasteiger partial charge >= 0.3 is 0 Å². The zero-order valence-electron chi connectivity index (χ0n) is 13.9. The number of ether oxygens (including phenoxy) is 1. The van der Waals surface area contributed by atoms with Gasteiger partial charge < -0.3 is 9.64 Å². The van der Waals surface area contributed by atoms with E-state index in [1.54, 1.807) is 11.8 Å². The monoisotopic (exact) mass is 342 g/mol. The molecule has 1 aliphatic heterocycles. The summed E-state index contributed by atoms with van der Waals surface area (Å²) in [4.78, 5) is 18.6. The van der Waals surface area contributed by atoms with Crippen LogP contribution < -0.4 is 4.74 Å². The second-order valence-electron chi connectivity index (χ2n) is 5.96. The molecule has 1 aromatic carbocycles. The summed E-state index contributed by atoms with van der Waals surface area (Å²) in [5, 5.41) is 0. The minimum Gasteiger partial charge on any atom is -0.472 e. The molecule has 0 aliphatic carbocycles. The van der Waals surface area contributed by atoms with E-state index in [9.17, 15) is 4.79 Å². The van der Waals surface area contributed by atoms with Crippen molar-refractivity contribution in [3.63, 3.8) is 0 Å². The number of carbonyl (C=O) groups is 1. The fraction of sp³-hybridized carbons (Fsp3) is 0.368. The molecule has 5 heteroatoms. The number of thioether (sulfide) groups is 1. The van der Waals surface area contributed by atoms with Crippen molar-refractivity contribution >= 4 is 17.7 Å². The van der Waals surface area contributed by atoms with Crippen molar-refractivity contribution in [2.75, 3.05) is 18.8 Å². The number of likely N-dealkylation sites (tertiary alicyclic amines) is 1. The molecular weight excluding hydrogens is 320 g/mol. The topological polar surface area (TPSA) is 42.4 Å². The van der Waals surface area contributed by atoms with Crippen molar-refractivity contribution in [3.05, 3.63) is 59.8 Å². The quantitative estimate of drug-likeness (QED) is 0.808. The highest BCUT2D eigenvalue weighted by atomic mass is 32.2. The molecule has 1 saturated heterocycles. The number of rotatable bonds is 6. The van der Waals surface area contributed by atoms with E-state index in [4.69, 9.17) is 4.74 Å². The molecule has 1 aliphatic rings. The number of carbonyl (C=O) groups excluding carboxylic acids is 1. The number of aryl methyl sites for hydroxylation is 1. The first-order valence-electron chi connectivity index (χ1n) is 8.20. The summed E-state index contributed by atoms with van der Waals surface area (Å²) >= 11 is 1.66. The minimum absolute atomic E-state index is 0.0439. The van der Waals surface area contributed by atoms with Crippen LogP contribution in [0.2, 0.25) is 0 Å². The number of hydrogen-bond acceptors (Lipinski definition) is 4. The summed E-state index contributed by atoms with van der Waals surface area (Å²) in [6.07, 6.45) is 0.910. The third kappa shape index (κ3) is 4.74. The molecule has 0 radical (unpaired) electrons. The van der Waals surface area contributed by atoms with E-state index in [-0.39, 0.29) is 12.0 Å². The highest BCUT2D eigenvalue weighted by Crippen LogP contribution is 2.19. The molecule has 2 heterocycles. The van der Waals surface area contributed by atoms with Gasteiger partial charge in [0.05, 0.1) is 12.3 Å². The van der Waals surface area contributed by atoms with Crippen LogP contribution >= 0.6 is 11.8 Å². The molecule has 4 nitrogen and oxygen atoms in total. The third-order valence-corrected chi connectivity index (χ3v) is 4.97. The first kappa shape index (κ1) is 16.8. The Morgan fingerprint density at radius 2 is 2.08 bits per heavy atom. The first-order chi connectivity index (χ1) is 11.7. The van der Waals surface area contributed by atoms with Crippen LogP contribution in [0.1, 0.15) is 17.7 Å². The van der Waals surface area contributed by atoms with Crippen molar-refractivity contribution in [2.24, 2.45) is 0 Å². The van der Waals surface area contributed by atoms with Gasteiger partial charge in [0.25, 0.3) is 0 Å². The first-order valence-corrected chi connectivity index (χ1v) is 9.36. The Kier molecular flexibility index (Phi) is 5.75. The second kappa shape index (κ2) is 8.20. The number of benzene rings is 1. The molecule has 0 unspecified atom stereocenters. The molecule has 1 atom stereocenters. The van der Waals surface area contributed by atoms with E-state index in [0.717, 1.165) is 24.4 Å². The highest BCUT2D eigenvalue weighted by Gasteiger charge is 2.27. The molecule has 0 bridgehead atoms. The Balaban J connectivity index is 1.42. The van der Waals surface area contributed by atoms with Crippen LogP contribution in [0, 0.1) is 6.92 Å². The lowest BCUT2D eigenvalue weighted by molar-refractivity contribution is -0.127.